The summed E-state index contributed by atoms with van der Waals surface area (Å²) >= 11 is 11.9. The second kappa shape index (κ2) is 12.2. The van der Waals surface area contributed by atoms with Gasteiger partial charge in [-0.15, -0.1) is 0 Å². The smallest absolute Gasteiger partial charge is 0.322 e. The number of benzene rings is 3. The van der Waals surface area contributed by atoms with E-state index in [2.05, 4.69) is 15.4 Å². The standard InChI is InChI=1S/C25H25Cl2N3O5S/c1-2-13-28-25(33)29-19-6-3-5-18(15-19)17-11-9-16(10-12-17)14-21(24(31)32)30-36(34,35)22-8-4-7-20(26)23(22)27/h3-12,15,21,30H,2,13-14H2,1H3,(H,31,32)(H2,28,29,33)/t21-/m0/s1. The number of nitrogens with one attached hydrogen (secondary N) is 3. The summed E-state index contributed by atoms with van der Waals surface area (Å²) < 4.78 is 27.7. The SMILES string of the molecule is CCCNC(=O)Nc1cccc(-c2ccc(C[C@H](NS(=O)(=O)c3cccc(Cl)c3Cl)C(=O)O)cc2)c1. The van der Waals surface area contributed by atoms with Crippen LogP contribution < -0.4 is 15.4 Å². The highest BCUT2D eigenvalue weighted by Crippen LogP contribution is 2.29. The third-order valence-corrected chi connectivity index (χ3v) is 7.63. The van der Waals surface area contributed by atoms with Crippen molar-refractivity contribution < 1.29 is 23.1 Å². The molecule has 1 atom stereocenters. The van der Waals surface area contributed by atoms with Gasteiger partial charge >= 0.3 is 12.0 Å². The Morgan fingerprint density at radius 3 is 2.33 bits per heavy atom. The minimum absolute atomic E-state index is 0.0443. The molecule has 11 heteroatoms. The number of halogens is 2. The molecule has 0 heterocycles. The molecule has 190 valence electrons. The molecule has 0 aliphatic heterocycles. The van der Waals surface area contributed by atoms with E-state index in [1.54, 1.807) is 30.3 Å². The van der Waals surface area contributed by atoms with Gasteiger partial charge in [0.1, 0.15) is 10.9 Å². The van der Waals surface area contributed by atoms with Crippen LogP contribution in [-0.4, -0.2) is 38.1 Å². The number of carboxylic acid groups (broad SMARTS) is 1. The molecule has 0 bridgehead atoms. The number of sulfonamides is 1. The van der Waals surface area contributed by atoms with Crippen LogP contribution in [0.2, 0.25) is 10.0 Å². The van der Waals surface area contributed by atoms with Crippen LogP contribution in [0.5, 0.6) is 0 Å². The quantitative estimate of drug-likeness (QED) is 0.277. The van der Waals surface area contributed by atoms with Crippen LogP contribution in [0, 0.1) is 0 Å². The average molecular weight is 550 g/mol. The van der Waals surface area contributed by atoms with Crippen LogP contribution in [-0.2, 0) is 21.2 Å². The van der Waals surface area contributed by atoms with E-state index in [4.69, 9.17) is 23.2 Å². The Balaban J connectivity index is 1.73. The van der Waals surface area contributed by atoms with Gasteiger partial charge in [-0.25, -0.2) is 13.2 Å². The first-order valence-electron chi connectivity index (χ1n) is 11.0. The maximum atomic E-state index is 12.8. The third kappa shape index (κ3) is 7.20. The molecule has 4 N–H and O–H groups in total. The average Bonchev–Trinajstić information content (AvgIpc) is 2.84. The van der Waals surface area contributed by atoms with Gasteiger partial charge in [0, 0.05) is 12.2 Å². The second-order valence-electron chi connectivity index (χ2n) is 7.93. The summed E-state index contributed by atoms with van der Waals surface area (Å²) in [5.74, 6) is -1.33. The van der Waals surface area contributed by atoms with Crippen LogP contribution in [0.1, 0.15) is 18.9 Å². The van der Waals surface area contributed by atoms with E-state index < -0.39 is 22.0 Å². The summed E-state index contributed by atoms with van der Waals surface area (Å²) in [6, 6.07) is 16.7. The van der Waals surface area contributed by atoms with Crippen LogP contribution in [0.4, 0.5) is 10.5 Å². The van der Waals surface area contributed by atoms with E-state index >= 15 is 0 Å². The molecule has 36 heavy (non-hydrogen) atoms. The predicted octanol–water partition coefficient (Wildman–Crippen LogP) is 5.17. The van der Waals surface area contributed by atoms with Gasteiger partial charge < -0.3 is 15.7 Å². The Morgan fingerprint density at radius 1 is 0.972 bits per heavy atom. The molecule has 3 aromatic rings. The van der Waals surface area contributed by atoms with Crippen molar-refractivity contribution in [2.75, 3.05) is 11.9 Å². The van der Waals surface area contributed by atoms with Crippen LogP contribution in [0.25, 0.3) is 11.1 Å². The fourth-order valence-electron chi connectivity index (χ4n) is 3.38. The van der Waals surface area contributed by atoms with Crippen molar-refractivity contribution in [2.45, 2.75) is 30.7 Å². The molecule has 0 unspecified atom stereocenters. The van der Waals surface area contributed by atoms with Gasteiger partial charge in [0.2, 0.25) is 10.0 Å². The number of carboxylic acids is 1. The van der Waals surface area contributed by atoms with Crippen molar-refractivity contribution in [3.8, 4) is 11.1 Å². The monoisotopic (exact) mass is 549 g/mol. The molecule has 3 rings (SSSR count). The van der Waals surface area contributed by atoms with Crippen LogP contribution >= 0.6 is 23.2 Å². The summed E-state index contributed by atoms with van der Waals surface area (Å²) in [4.78, 5) is 23.4. The fourth-order valence-corrected chi connectivity index (χ4v) is 5.33. The number of carbonyl (C=O) groups excluding carboxylic acids is 1. The molecule has 3 aromatic carbocycles. The molecule has 8 nitrogen and oxygen atoms in total. The van der Waals surface area contributed by atoms with Gasteiger partial charge in [-0.05, 0) is 53.8 Å². The van der Waals surface area contributed by atoms with Crippen molar-refractivity contribution in [3.63, 3.8) is 0 Å². The highest BCUT2D eigenvalue weighted by molar-refractivity contribution is 7.89. The molecule has 0 aromatic heterocycles. The predicted molar refractivity (Wildman–Crippen MR) is 141 cm³/mol. The van der Waals surface area contributed by atoms with Gasteiger partial charge in [-0.2, -0.15) is 4.72 Å². The molecule has 2 amide bonds. The largest absolute Gasteiger partial charge is 0.480 e. The Kier molecular flexibility index (Phi) is 9.33. The lowest BCUT2D eigenvalue weighted by atomic mass is 10.0. The lowest BCUT2D eigenvalue weighted by Gasteiger charge is -2.16. The molecule has 0 aliphatic carbocycles. The van der Waals surface area contributed by atoms with Gasteiger partial charge in [-0.3, -0.25) is 4.79 Å². The normalized spacial score (nSPS) is 12.1. The Morgan fingerprint density at radius 2 is 1.67 bits per heavy atom. The maximum Gasteiger partial charge on any atom is 0.322 e. The first-order chi connectivity index (χ1) is 17.1. The summed E-state index contributed by atoms with van der Waals surface area (Å²) in [5.41, 5.74) is 2.93. The summed E-state index contributed by atoms with van der Waals surface area (Å²) in [6.45, 7) is 2.54. The van der Waals surface area contributed by atoms with E-state index in [0.717, 1.165) is 17.5 Å². The van der Waals surface area contributed by atoms with Crippen LogP contribution in [0.3, 0.4) is 0 Å². The minimum Gasteiger partial charge on any atom is -0.480 e. The van der Waals surface area contributed by atoms with Crippen molar-refractivity contribution in [2.24, 2.45) is 0 Å². The molecule has 0 radical (unpaired) electrons. The van der Waals surface area contributed by atoms with Crippen molar-refractivity contribution in [1.82, 2.24) is 10.0 Å². The fraction of sp³-hybridized carbons (Fsp3) is 0.200. The Labute approximate surface area is 219 Å². The van der Waals surface area contributed by atoms with Crippen molar-refractivity contribution in [3.05, 3.63) is 82.3 Å². The zero-order chi connectivity index (χ0) is 26.3. The summed E-state index contributed by atoms with van der Waals surface area (Å²) in [6.07, 6.45) is 0.741. The second-order valence-corrected chi connectivity index (χ2v) is 10.4. The van der Waals surface area contributed by atoms with E-state index in [1.807, 2.05) is 25.1 Å². The Bertz CT molecular complexity index is 1350. The number of hydrogen-bond donors (Lipinski definition) is 4. The number of carbonyl (C=O) groups is 2. The number of urea groups is 1. The first kappa shape index (κ1) is 27.5. The summed E-state index contributed by atoms with van der Waals surface area (Å²) in [5, 5.41) is 15.0. The van der Waals surface area contributed by atoms with E-state index in [0.29, 0.717) is 17.8 Å². The van der Waals surface area contributed by atoms with Crippen LogP contribution in [0.15, 0.2) is 71.6 Å². The van der Waals surface area contributed by atoms with E-state index in [1.165, 1.54) is 18.2 Å². The molecule has 0 fully saturated rings. The number of rotatable bonds is 10. The number of anilines is 1. The zero-order valence-electron chi connectivity index (χ0n) is 19.3. The van der Waals surface area contributed by atoms with Gasteiger partial charge in [0.05, 0.1) is 10.0 Å². The summed E-state index contributed by atoms with van der Waals surface area (Å²) in [7, 11) is -4.24. The Hall–Kier alpha value is -3.11. The van der Waals surface area contributed by atoms with Crippen molar-refractivity contribution >= 4 is 50.9 Å². The highest BCUT2D eigenvalue weighted by Gasteiger charge is 2.27. The van der Waals surface area contributed by atoms with E-state index in [9.17, 15) is 23.1 Å². The van der Waals surface area contributed by atoms with Gasteiger partial charge in [-0.1, -0.05) is 72.6 Å². The molecule has 0 saturated heterocycles. The minimum atomic E-state index is -4.24. The van der Waals surface area contributed by atoms with Gasteiger partial charge in [0.15, 0.2) is 0 Å². The third-order valence-electron chi connectivity index (χ3n) is 5.18. The first-order valence-corrected chi connectivity index (χ1v) is 13.3. The van der Waals surface area contributed by atoms with E-state index in [-0.39, 0.29) is 27.4 Å². The number of amides is 2. The topological polar surface area (TPSA) is 125 Å². The number of hydrogen-bond acceptors (Lipinski definition) is 4. The lowest BCUT2D eigenvalue weighted by molar-refractivity contribution is -0.138. The molecular formula is C25H25Cl2N3O5S. The lowest BCUT2D eigenvalue weighted by Crippen LogP contribution is -2.42. The molecule has 0 saturated carbocycles. The zero-order valence-corrected chi connectivity index (χ0v) is 21.6. The maximum absolute atomic E-state index is 12.8. The molecule has 0 aliphatic rings. The highest BCUT2D eigenvalue weighted by atomic mass is 35.5. The molecule has 0 spiro atoms. The molecular weight excluding hydrogens is 525 g/mol. The van der Waals surface area contributed by atoms with Gasteiger partial charge in [0.25, 0.3) is 0 Å². The number of aliphatic carboxylic acids is 1. The van der Waals surface area contributed by atoms with Crippen molar-refractivity contribution in [1.29, 1.82) is 0 Å².